The quantitative estimate of drug-likeness (QED) is 0.445. The maximum atomic E-state index is 14.5. The van der Waals surface area contributed by atoms with Crippen molar-refractivity contribution < 1.29 is 23.0 Å². The molecule has 1 saturated heterocycles. The van der Waals surface area contributed by atoms with Crippen molar-refractivity contribution in [2.24, 2.45) is 0 Å². The molecule has 0 unspecified atom stereocenters. The molecule has 1 aromatic heterocycles. The van der Waals surface area contributed by atoms with E-state index in [0.717, 1.165) is 31.4 Å². The van der Waals surface area contributed by atoms with E-state index in [2.05, 4.69) is 10.4 Å². The van der Waals surface area contributed by atoms with E-state index in [9.17, 15) is 13.6 Å². The number of carbonyl (C=O) groups is 1. The first-order chi connectivity index (χ1) is 17.0. The van der Waals surface area contributed by atoms with Crippen molar-refractivity contribution >= 4 is 6.03 Å². The van der Waals surface area contributed by atoms with Gasteiger partial charge in [-0.1, -0.05) is 25.1 Å². The number of aryl methyl sites for hydroxylation is 1. The molecule has 2 amide bonds. The number of hydrogen-bond donors (Lipinski definition) is 1. The van der Waals surface area contributed by atoms with Gasteiger partial charge >= 0.3 is 6.03 Å². The highest BCUT2D eigenvalue weighted by molar-refractivity contribution is 5.74. The third kappa shape index (κ3) is 5.97. The lowest BCUT2D eigenvalue weighted by molar-refractivity contribution is 0.0793. The number of aromatic nitrogens is 2. The van der Waals surface area contributed by atoms with Crippen molar-refractivity contribution in [1.82, 2.24) is 20.0 Å². The van der Waals surface area contributed by atoms with E-state index in [1.54, 1.807) is 9.58 Å². The number of halogens is 2. The number of benzene rings is 2. The van der Waals surface area contributed by atoms with Gasteiger partial charge in [0.05, 0.1) is 29.6 Å². The lowest BCUT2D eigenvalue weighted by Gasteiger charge is -2.26. The summed E-state index contributed by atoms with van der Waals surface area (Å²) in [6.07, 6.45) is 2.59. The fraction of sp³-hybridized carbons (Fsp3) is 0.385. The van der Waals surface area contributed by atoms with Crippen molar-refractivity contribution in [3.63, 3.8) is 0 Å². The molecular formula is C26H30F2N4O3. The molecule has 1 aliphatic rings. The Morgan fingerprint density at radius 2 is 2.06 bits per heavy atom. The molecule has 35 heavy (non-hydrogen) atoms. The van der Waals surface area contributed by atoms with Gasteiger partial charge in [-0.3, -0.25) is 0 Å². The van der Waals surface area contributed by atoms with Gasteiger partial charge in [-0.15, -0.1) is 0 Å². The SMILES string of the molecule is CCCNC(=O)N(Cc1c(C)nn(-c2ccccc2)c1Oc1ccc(F)cc1F)C[C@H]1CCCO1. The maximum absolute atomic E-state index is 14.5. The summed E-state index contributed by atoms with van der Waals surface area (Å²) in [5, 5.41) is 7.57. The summed E-state index contributed by atoms with van der Waals surface area (Å²) in [7, 11) is 0. The summed E-state index contributed by atoms with van der Waals surface area (Å²) >= 11 is 0. The summed E-state index contributed by atoms with van der Waals surface area (Å²) in [5.41, 5.74) is 1.97. The Morgan fingerprint density at radius 1 is 1.26 bits per heavy atom. The van der Waals surface area contributed by atoms with E-state index in [1.165, 1.54) is 6.07 Å². The summed E-state index contributed by atoms with van der Waals surface area (Å²) in [6, 6.07) is 12.2. The topological polar surface area (TPSA) is 68.6 Å². The zero-order chi connectivity index (χ0) is 24.8. The third-order valence-electron chi connectivity index (χ3n) is 5.85. The first-order valence-corrected chi connectivity index (χ1v) is 11.9. The predicted octanol–water partition coefficient (Wildman–Crippen LogP) is 5.35. The molecule has 0 radical (unpaired) electrons. The molecule has 0 bridgehead atoms. The Balaban J connectivity index is 1.72. The van der Waals surface area contributed by atoms with Crippen LogP contribution in [-0.4, -0.2) is 46.5 Å². The molecule has 2 aromatic carbocycles. The number of urea groups is 1. The Morgan fingerprint density at radius 3 is 2.74 bits per heavy atom. The Labute approximate surface area is 203 Å². The second-order valence-corrected chi connectivity index (χ2v) is 8.54. The van der Waals surface area contributed by atoms with E-state index in [4.69, 9.17) is 9.47 Å². The van der Waals surface area contributed by atoms with E-state index < -0.39 is 11.6 Å². The van der Waals surface area contributed by atoms with Crippen molar-refractivity contribution in [1.29, 1.82) is 0 Å². The molecule has 0 spiro atoms. The molecule has 7 nitrogen and oxygen atoms in total. The van der Waals surface area contributed by atoms with Crippen molar-refractivity contribution in [3.8, 4) is 17.3 Å². The Hall–Kier alpha value is -3.46. The van der Waals surface area contributed by atoms with E-state index in [0.29, 0.717) is 36.6 Å². The summed E-state index contributed by atoms with van der Waals surface area (Å²) in [6.45, 7) is 5.63. The molecule has 1 atom stereocenters. The molecule has 4 rings (SSSR count). The van der Waals surface area contributed by atoms with Gasteiger partial charge in [0.1, 0.15) is 5.82 Å². The van der Waals surface area contributed by atoms with Gasteiger partial charge in [0.25, 0.3) is 0 Å². The van der Waals surface area contributed by atoms with Gasteiger partial charge in [-0.25, -0.2) is 18.3 Å². The van der Waals surface area contributed by atoms with Crippen LogP contribution in [0, 0.1) is 18.6 Å². The fourth-order valence-corrected chi connectivity index (χ4v) is 4.02. The molecule has 1 N–H and O–H groups in total. The van der Waals surface area contributed by atoms with Crippen LogP contribution in [0.5, 0.6) is 11.6 Å². The van der Waals surface area contributed by atoms with Gasteiger partial charge in [0.15, 0.2) is 11.6 Å². The molecule has 0 saturated carbocycles. The molecule has 186 valence electrons. The lowest BCUT2D eigenvalue weighted by Crippen LogP contribution is -2.43. The van der Waals surface area contributed by atoms with Crippen molar-refractivity contribution in [2.45, 2.75) is 45.8 Å². The van der Waals surface area contributed by atoms with Crippen LogP contribution in [-0.2, 0) is 11.3 Å². The predicted molar refractivity (Wildman–Crippen MR) is 128 cm³/mol. The number of carbonyl (C=O) groups excluding carboxylic acids is 1. The van der Waals surface area contributed by atoms with Crippen LogP contribution in [0.1, 0.15) is 37.4 Å². The minimum absolute atomic E-state index is 0.0502. The summed E-state index contributed by atoms with van der Waals surface area (Å²) < 4.78 is 41.4. The van der Waals surface area contributed by atoms with Crippen LogP contribution in [0.3, 0.4) is 0 Å². The van der Waals surface area contributed by atoms with E-state index in [-0.39, 0.29) is 30.3 Å². The van der Waals surface area contributed by atoms with Crippen LogP contribution in [0.4, 0.5) is 13.6 Å². The first kappa shape index (κ1) is 24.7. The highest BCUT2D eigenvalue weighted by Gasteiger charge is 2.27. The standard InChI is InChI=1S/C26H30F2N4O3/c1-3-13-29-26(33)31(16-21-10-7-14-34-21)17-22-18(2)30-32(20-8-5-4-6-9-20)25(22)35-24-12-11-19(27)15-23(24)28/h4-6,8-9,11-12,15,21H,3,7,10,13-14,16-17H2,1-2H3,(H,29,33)/t21-/m1/s1. The molecule has 1 fully saturated rings. The number of nitrogens with one attached hydrogen (secondary N) is 1. The zero-order valence-corrected chi connectivity index (χ0v) is 20.0. The number of rotatable bonds is 9. The fourth-order valence-electron chi connectivity index (χ4n) is 4.02. The minimum atomic E-state index is -0.827. The summed E-state index contributed by atoms with van der Waals surface area (Å²) in [5.74, 6) is -1.39. The Kier molecular flexibility index (Phi) is 7.97. The Bertz CT molecular complexity index is 1150. The lowest BCUT2D eigenvalue weighted by atomic mass is 10.2. The van der Waals surface area contributed by atoms with Gasteiger partial charge in [-0.2, -0.15) is 5.10 Å². The largest absolute Gasteiger partial charge is 0.435 e. The van der Waals surface area contributed by atoms with Crippen LogP contribution < -0.4 is 10.1 Å². The normalized spacial score (nSPS) is 15.3. The number of hydrogen-bond acceptors (Lipinski definition) is 4. The van der Waals surface area contributed by atoms with Crippen LogP contribution in [0.15, 0.2) is 48.5 Å². The number of para-hydroxylation sites is 1. The number of nitrogens with zero attached hydrogens (tertiary/aromatic N) is 3. The highest BCUT2D eigenvalue weighted by atomic mass is 19.1. The summed E-state index contributed by atoms with van der Waals surface area (Å²) in [4.78, 5) is 14.7. The van der Waals surface area contributed by atoms with Crippen LogP contribution in [0.25, 0.3) is 5.69 Å². The molecule has 2 heterocycles. The van der Waals surface area contributed by atoms with Crippen LogP contribution in [0.2, 0.25) is 0 Å². The second-order valence-electron chi connectivity index (χ2n) is 8.54. The van der Waals surface area contributed by atoms with Gasteiger partial charge in [-0.05, 0) is 50.5 Å². The van der Waals surface area contributed by atoms with Gasteiger partial charge in [0.2, 0.25) is 5.88 Å². The van der Waals surface area contributed by atoms with E-state index in [1.807, 2.05) is 44.2 Å². The van der Waals surface area contributed by atoms with Gasteiger partial charge in [0, 0.05) is 25.8 Å². The van der Waals surface area contributed by atoms with Crippen molar-refractivity contribution in [2.75, 3.05) is 19.7 Å². The minimum Gasteiger partial charge on any atom is -0.435 e. The smallest absolute Gasteiger partial charge is 0.317 e. The third-order valence-corrected chi connectivity index (χ3v) is 5.85. The number of amides is 2. The average molecular weight is 485 g/mol. The van der Waals surface area contributed by atoms with Crippen LogP contribution >= 0.6 is 0 Å². The van der Waals surface area contributed by atoms with E-state index >= 15 is 0 Å². The molecular weight excluding hydrogens is 454 g/mol. The first-order valence-electron chi connectivity index (χ1n) is 11.9. The molecule has 0 aliphatic carbocycles. The molecule has 3 aromatic rings. The zero-order valence-electron chi connectivity index (χ0n) is 20.0. The molecule has 9 heteroatoms. The number of ether oxygens (including phenoxy) is 2. The average Bonchev–Trinajstić information content (AvgIpc) is 3.47. The van der Waals surface area contributed by atoms with Crippen molar-refractivity contribution in [3.05, 3.63) is 71.4 Å². The molecule has 1 aliphatic heterocycles. The maximum Gasteiger partial charge on any atom is 0.317 e. The highest BCUT2D eigenvalue weighted by Crippen LogP contribution is 2.33. The monoisotopic (exact) mass is 484 g/mol. The van der Waals surface area contributed by atoms with Gasteiger partial charge < -0.3 is 19.7 Å². The second kappa shape index (κ2) is 11.3.